The number of phenols is 1. The molecule has 1 N–H and O–H groups in total. The van der Waals surface area contributed by atoms with Crippen molar-refractivity contribution < 1.29 is 5.11 Å². The molecule has 0 bridgehead atoms. The Kier molecular flexibility index (Phi) is 8.51. The number of unbranched alkanes of at least 4 members (excludes halogenated alkanes) is 4. The van der Waals surface area contributed by atoms with E-state index in [2.05, 4.69) is 37.3 Å². The minimum Gasteiger partial charge on any atom is -0.508 e. The molecule has 0 spiro atoms. The molecule has 1 nitrogen and oxygen atoms in total. The van der Waals surface area contributed by atoms with E-state index >= 15 is 0 Å². The number of hydrogen-bond acceptors (Lipinski definition) is 1. The normalized spacial score (nSPS) is 18.4. The first-order valence-corrected chi connectivity index (χ1v) is 13.2. The van der Waals surface area contributed by atoms with Crippen molar-refractivity contribution in [2.24, 2.45) is 5.92 Å². The summed E-state index contributed by atoms with van der Waals surface area (Å²) in [5.74, 6) is 1.91. The van der Waals surface area contributed by atoms with Crippen LogP contribution in [0.4, 0.5) is 0 Å². The van der Waals surface area contributed by atoms with Gasteiger partial charge in [-0.3, -0.25) is 0 Å². The largest absolute Gasteiger partial charge is 0.508 e. The molecule has 3 aromatic rings. The van der Waals surface area contributed by atoms with E-state index in [1.165, 1.54) is 75.3 Å². The van der Waals surface area contributed by atoms with Crippen LogP contribution in [-0.4, -0.2) is 5.11 Å². The first-order chi connectivity index (χ1) is 16.2. The molecule has 174 valence electrons. The number of hydrogen-bond donors (Lipinski definition) is 1. The first kappa shape index (κ1) is 23.9. The molecule has 33 heavy (non-hydrogen) atoms. The van der Waals surface area contributed by atoms with E-state index in [1.54, 1.807) is 12.1 Å². The molecule has 0 amide bonds. The van der Waals surface area contributed by atoms with Crippen LogP contribution in [0.15, 0.2) is 66.7 Å². The standard InChI is InChI=1S/C31H37ClO/c1-2-3-4-5-6-8-23-11-13-24(14-12-23)25-15-17-26(18-16-25)29-9-7-10-30(32)31(29)27-19-21-28(33)22-20-27/h7,9-10,15-24,33H,2-6,8,11-14H2,1H3. The molecule has 1 aliphatic carbocycles. The zero-order chi connectivity index (χ0) is 23.0. The Bertz CT molecular complexity index is 998. The van der Waals surface area contributed by atoms with E-state index in [-0.39, 0.29) is 5.75 Å². The minimum atomic E-state index is 0.267. The predicted molar refractivity (Wildman–Crippen MR) is 142 cm³/mol. The Balaban J connectivity index is 1.41. The highest BCUT2D eigenvalue weighted by atomic mass is 35.5. The summed E-state index contributed by atoms with van der Waals surface area (Å²) in [5.41, 5.74) is 5.84. The summed E-state index contributed by atoms with van der Waals surface area (Å²) in [6.07, 6.45) is 13.9. The second-order valence-electron chi connectivity index (χ2n) is 9.75. The van der Waals surface area contributed by atoms with Gasteiger partial charge in [-0.1, -0.05) is 106 Å². The van der Waals surface area contributed by atoms with Crippen LogP contribution in [0.2, 0.25) is 5.02 Å². The Morgan fingerprint density at radius 2 is 1.42 bits per heavy atom. The molecule has 0 heterocycles. The lowest BCUT2D eigenvalue weighted by molar-refractivity contribution is 0.302. The zero-order valence-electron chi connectivity index (χ0n) is 19.9. The molecule has 1 saturated carbocycles. The molecule has 4 rings (SSSR count). The van der Waals surface area contributed by atoms with Crippen molar-refractivity contribution in [2.45, 2.75) is 77.0 Å². The van der Waals surface area contributed by atoms with Gasteiger partial charge in [0.15, 0.2) is 0 Å². The van der Waals surface area contributed by atoms with E-state index in [1.807, 2.05) is 24.3 Å². The average Bonchev–Trinajstić information content (AvgIpc) is 2.85. The molecule has 0 atom stereocenters. The number of rotatable bonds is 9. The van der Waals surface area contributed by atoms with Crippen molar-refractivity contribution in [1.29, 1.82) is 0 Å². The van der Waals surface area contributed by atoms with Crippen molar-refractivity contribution in [1.82, 2.24) is 0 Å². The van der Waals surface area contributed by atoms with Crippen molar-refractivity contribution in [2.75, 3.05) is 0 Å². The fraction of sp³-hybridized carbons (Fsp3) is 0.419. The van der Waals surface area contributed by atoms with E-state index < -0.39 is 0 Å². The minimum absolute atomic E-state index is 0.267. The van der Waals surface area contributed by atoms with Gasteiger partial charge in [-0.25, -0.2) is 0 Å². The Labute approximate surface area is 204 Å². The van der Waals surface area contributed by atoms with Gasteiger partial charge in [-0.15, -0.1) is 0 Å². The molecule has 0 saturated heterocycles. The number of benzene rings is 3. The van der Waals surface area contributed by atoms with Gasteiger partial charge in [0.25, 0.3) is 0 Å². The van der Waals surface area contributed by atoms with Crippen LogP contribution in [0, 0.1) is 5.92 Å². The molecule has 0 aromatic heterocycles. The molecular weight excluding hydrogens is 424 g/mol. The molecule has 0 unspecified atom stereocenters. The van der Waals surface area contributed by atoms with Crippen LogP contribution in [-0.2, 0) is 0 Å². The maximum Gasteiger partial charge on any atom is 0.115 e. The van der Waals surface area contributed by atoms with Gasteiger partial charge in [-0.2, -0.15) is 0 Å². The lowest BCUT2D eigenvalue weighted by Gasteiger charge is -2.29. The second-order valence-corrected chi connectivity index (χ2v) is 10.2. The molecular formula is C31H37ClO. The molecule has 0 aliphatic heterocycles. The molecule has 0 radical (unpaired) electrons. The van der Waals surface area contributed by atoms with E-state index in [9.17, 15) is 5.11 Å². The van der Waals surface area contributed by atoms with E-state index in [4.69, 9.17) is 11.6 Å². The summed E-state index contributed by atoms with van der Waals surface area (Å²) in [7, 11) is 0. The smallest absolute Gasteiger partial charge is 0.115 e. The molecule has 2 heteroatoms. The lowest BCUT2D eigenvalue weighted by atomic mass is 9.77. The van der Waals surface area contributed by atoms with Crippen molar-refractivity contribution in [3.63, 3.8) is 0 Å². The molecule has 1 fully saturated rings. The van der Waals surface area contributed by atoms with Crippen molar-refractivity contribution in [3.8, 4) is 28.0 Å². The van der Waals surface area contributed by atoms with Gasteiger partial charge in [0.05, 0.1) is 0 Å². The van der Waals surface area contributed by atoms with Crippen LogP contribution < -0.4 is 0 Å². The molecule has 3 aromatic carbocycles. The van der Waals surface area contributed by atoms with Crippen molar-refractivity contribution in [3.05, 3.63) is 77.3 Å². The number of phenolic OH excluding ortho intramolecular Hbond substituents is 1. The summed E-state index contributed by atoms with van der Waals surface area (Å²) in [6, 6.07) is 22.5. The maximum atomic E-state index is 9.67. The summed E-state index contributed by atoms with van der Waals surface area (Å²) in [5, 5.41) is 10.4. The van der Waals surface area contributed by atoms with Crippen LogP contribution in [0.25, 0.3) is 22.3 Å². The second kappa shape index (κ2) is 11.7. The van der Waals surface area contributed by atoms with Crippen LogP contribution in [0.5, 0.6) is 5.75 Å². The highest BCUT2D eigenvalue weighted by Gasteiger charge is 2.22. The average molecular weight is 461 g/mol. The van der Waals surface area contributed by atoms with Gasteiger partial charge in [0.2, 0.25) is 0 Å². The van der Waals surface area contributed by atoms with Gasteiger partial charge in [-0.05, 0) is 78.0 Å². The van der Waals surface area contributed by atoms with Gasteiger partial charge >= 0.3 is 0 Å². The number of aromatic hydroxyl groups is 1. The monoisotopic (exact) mass is 460 g/mol. The summed E-state index contributed by atoms with van der Waals surface area (Å²) in [6.45, 7) is 2.29. The molecule has 1 aliphatic rings. The third-order valence-corrected chi connectivity index (χ3v) is 7.74. The fourth-order valence-corrected chi connectivity index (χ4v) is 5.73. The Hall–Kier alpha value is -2.25. The highest BCUT2D eigenvalue weighted by molar-refractivity contribution is 6.34. The van der Waals surface area contributed by atoms with Crippen molar-refractivity contribution >= 4 is 11.6 Å². The number of halogens is 1. The fourth-order valence-electron chi connectivity index (χ4n) is 5.44. The zero-order valence-corrected chi connectivity index (χ0v) is 20.7. The maximum absolute atomic E-state index is 9.67. The summed E-state index contributed by atoms with van der Waals surface area (Å²) >= 11 is 6.62. The van der Waals surface area contributed by atoms with E-state index in [0.29, 0.717) is 5.92 Å². The topological polar surface area (TPSA) is 20.2 Å². The third kappa shape index (κ3) is 6.21. The quantitative estimate of drug-likeness (QED) is 0.315. The highest BCUT2D eigenvalue weighted by Crippen LogP contribution is 2.41. The Morgan fingerprint density at radius 3 is 2.12 bits per heavy atom. The summed E-state index contributed by atoms with van der Waals surface area (Å²) < 4.78 is 0. The first-order valence-electron chi connectivity index (χ1n) is 12.8. The van der Waals surface area contributed by atoms with Crippen LogP contribution >= 0.6 is 11.6 Å². The van der Waals surface area contributed by atoms with E-state index in [0.717, 1.165) is 27.6 Å². The van der Waals surface area contributed by atoms with Gasteiger partial charge < -0.3 is 5.11 Å². The van der Waals surface area contributed by atoms with Crippen LogP contribution in [0.1, 0.15) is 82.6 Å². The SMILES string of the molecule is CCCCCCCC1CCC(c2ccc(-c3cccc(Cl)c3-c3ccc(O)cc3)cc2)CC1. The lowest BCUT2D eigenvalue weighted by Crippen LogP contribution is -2.13. The summed E-state index contributed by atoms with van der Waals surface area (Å²) in [4.78, 5) is 0. The Morgan fingerprint density at radius 1 is 0.758 bits per heavy atom. The van der Waals surface area contributed by atoms with Gasteiger partial charge in [0.1, 0.15) is 5.75 Å². The predicted octanol–water partition coefficient (Wildman–Crippen LogP) is 10.0. The van der Waals surface area contributed by atoms with Gasteiger partial charge in [0, 0.05) is 10.6 Å². The third-order valence-electron chi connectivity index (χ3n) is 7.43. The van der Waals surface area contributed by atoms with Crippen LogP contribution in [0.3, 0.4) is 0 Å².